The fraction of sp³-hybridized carbons (Fsp3) is 0.765. The minimum Gasteiger partial charge on any atom is -0.391 e. The van der Waals surface area contributed by atoms with E-state index in [1.165, 1.54) is 9.80 Å². The number of aliphatic hydroxyl groups excluding tert-OH is 1. The van der Waals surface area contributed by atoms with Gasteiger partial charge in [0, 0.05) is 19.5 Å². The monoisotopic (exact) mass is 383 g/mol. The molecular weight excluding hydrogens is 354 g/mol. The highest BCUT2D eigenvalue weighted by molar-refractivity contribution is 5.97. The van der Waals surface area contributed by atoms with E-state index in [2.05, 4.69) is 0 Å². The van der Waals surface area contributed by atoms with Crippen molar-refractivity contribution >= 4 is 23.6 Å². The molecule has 2 fully saturated rings. The molecule has 0 aromatic carbocycles. The van der Waals surface area contributed by atoms with Crippen molar-refractivity contribution in [2.24, 2.45) is 17.2 Å². The van der Waals surface area contributed by atoms with Gasteiger partial charge in [0.2, 0.25) is 23.6 Å². The molecule has 2 saturated heterocycles. The van der Waals surface area contributed by atoms with Crippen LogP contribution in [0.3, 0.4) is 0 Å². The van der Waals surface area contributed by atoms with E-state index in [0.717, 1.165) is 0 Å². The van der Waals surface area contributed by atoms with E-state index < -0.39 is 41.4 Å². The normalized spacial score (nSPS) is 25.7. The Morgan fingerprint density at radius 1 is 1.22 bits per heavy atom. The lowest BCUT2D eigenvalue weighted by Crippen LogP contribution is -2.60. The van der Waals surface area contributed by atoms with Crippen molar-refractivity contribution in [3.05, 3.63) is 0 Å². The van der Waals surface area contributed by atoms with Crippen LogP contribution in [0.5, 0.6) is 0 Å². The molecule has 0 bridgehead atoms. The van der Waals surface area contributed by atoms with Crippen LogP contribution in [0.15, 0.2) is 0 Å². The molecule has 0 radical (unpaired) electrons. The number of likely N-dealkylation sites (tertiary alicyclic amines) is 2. The lowest BCUT2D eigenvalue weighted by Gasteiger charge is -2.36. The summed E-state index contributed by atoms with van der Waals surface area (Å²) in [5, 5.41) is 9.92. The van der Waals surface area contributed by atoms with Gasteiger partial charge in [0.15, 0.2) is 0 Å². The van der Waals surface area contributed by atoms with E-state index in [0.29, 0.717) is 32.2 Å². The van der Waals surface area contributed by atoms with Gasteiger partial charge in [-0.25, -0.2) is 0 Å². The maximum Gasteiger partial charge on any atom is 0.249 e. The molecule has 0 saturated carbocycles. The molecule has 0 aromatic rings. The number of primary amides is 2. The van der Waals surface area contributed by atoms with Crippen LogP contribution in [-0.4, -0.2) is 75.4 Å². The zero-order valence-electron chi connectivity index (χ0n) is 15.6. The van der Waals surface area contributed by atoms with E-state index in [-0.39, 0.29) is 25.3 Å². The van der Waals surface area contributed by atoms with Gasteiger partial charge >= 0.3 is 0 Å². The third-order valence-electron chi connectivity index (χ3n) is 5.67. The average Bonchev–Trinajstić information content (AvgIpc) is 3.19. The molecule has 2 aliphatic heterocycles. The average molecular weight is 383 g/mol. The van der Waals surface area contributed by atoms with Crippen molar-refractivity contribution in [3.8, 4) is 0 Å². The van der Waals surface area contributed by atoms with E-state index in [1.807, 2.05) is 0 Å². The highest BCUT2D eigenvalue weighted by atomic mass is 16.3. The molecule has 0 aliphatic carbocycles. The molecule has 2 heterocycles. The Labute approximate surface area is 158 Å². The molecule has 4 amide bonds. The molecule has 7 N–H and O–H groups in total. The number of carbonyl (C=O) groups is 4. The van der Waals surface area contributed by atoms with Crippen LogP contribution in [0.1, 0.15) is 45.4 Å². The molecule has 4 atom stereocenters. The summed E-state index contributed by atoms with van der Waals surface area (Å²) in [5.41, 5.74) is 15.4. The number of nitrogens with zero attached hydrogens (tertiary/aromatic N) is 2. The van der Waals surface area contributed by atoms with Crippen molar-refractivity contribution < 1.29 is 24.3 Å². The van der Waals surface area contributed by atoms with Gasteiger partial charge in [-0.05, 0) is 32.1 Å². The number of aliphatic hydroxyl groups is 1. The first-order chi connectivity index (χ1) is 12.7. The Balaban J connectivity index is 2.22. The second-order valence-corrected chi connectivity index (χ2v) is 7.30. The highest BCUT2D eigenvalue weighted by Crippen LogP contribution is 2.40. The first kappa shape index (κ1) is 21.1. The van der Waals surface area contributed by atoms with Crippen LogP contribution in [0, 0.1) is 0 Å². The van der Waals surface area contributed by atoms with Gasteiger partial charge in [0.25, 0.3) is 0 Å². The number of amides is 4. The number of hydrogen-bond donors (Lipinski definition) is 4. The van der Waals surface area contributed by atoms with Crippen molar-refractivity contribution in [2.75, 3.05) is 13.1 Å². The number of hydrogen-bond acceptors (Lipinski definition) is 6. The Hall–Kier alpha value is -2.20. The summed E-state index contributed by atoms with van der Waals surface area (Å²) in [6.45, 7) is 2.34. The molecule has 0 aromatic heterocycles. The van der Waals surface area contributed by atoms with Crippen molar-refractivity contribution in [3.63, 3.8) is 0 Å². The summed E-state index contributed by atoms with van der Waals surface area (Å²) >= 11 is 0. The van der Waals surface area contributed by atoms with Gasteiger partial charge in [-0.1, -0.05) is 6.92 Å². The first-order valence-corrected chi connectivity index (χ1v) is 9.29. The largest absolute Gasteiger partial charge is 0.391 e. The molecule has 27 heavy (non-hydrogen) atoms. The zero-order valence-corrected chi connectivity index (χ0v) is 15.6. The lowest BCUT2D eigenvalue weighted by atomic mass is 9.93. The maximum atomic E-state index is 13.2. The van der Waals surface area contributed by atoms with E-state index in [4.69, 9.17) is 17.2 Å². The molecule has 1 unspecified atom stereocenters. The predicted octanol–water partition coefficient (Wildman–Crippen LogP) is -2.20. The fourth-order valence-electron chi connectivity index (χ4n) is 4.09. The van der Waals surface area contributed by atoms with Crippen LogP contribution in [0.4, 0.5) is 0 Å². The van der Waals surface area contributed by atoms with Gasteiger partial charge in [0.05, 0.1) is 6.10 Å². The van der Waals surface area contributed by atoms with Gasteiger partial charge in [-0.15, -0.1) is 0 Å². The third-order valence-corrected chi connectivity index (χ3v) is 5.67. The lowest BCUT2D eigenvalue weighted by molar-refractivity contribution is -0.150. The molecule has 10 nitrogen and oxygen atoms in total. The van der Waals surface area contributed by atoms with Crippen LogP contribution in [0.25, 0.3) is 0 Å². The molecule has 1 spiro atoms. The fourth-order valence-corrected chi connectivity index (χ4v) is 4.09. The van der Waals surface area contributed by atoms with Gasteiger partial charge in [-0.2, -0.15) is 0 Å². The molecule has 152 valence electrons. The molecule has 10 heteroatoms. The standard InChI is InChI=1S/C17H29N5O5/c1-2-11(23)13(19)15(26)22-8-3-6-17(22)7-9-21(16(17)27)10(14(20)25)4-5-12(18)24/h10-11,13,23H,2-9,19H2,1H3,(H2,18,24)(H2,20,25)/t10-,11+,13-,17?/m0/s1. The van der Waals surface area contributed by atoms with Crippen molar-refractivity contribution in [2.45, 2.75) is 69.2 Å². The number of rotatable bonds is 8. The molecule has 2 rings (SSSR count). The van der Waals surface area contributed by atoms with Crippen LogP contribution < -0.4 is 17.2 Å². The number of nitrogens with two attached hydrogens (primary N) is 3. The SMILES string of the molecule is CC[C@@H](O)[C@H](N)C(=O)N1CCCC12CCN([C@@H](CCC(N)=O)C(N)=O)C2=O. The summed E-state index contributed by atoms with van der Waals surface area (Å²) < 4.78 is 0. The summed E-state index contributed by atoms with van der Waals surface area (Å²) in [7, 11) is 0. The number of carbonyl (C=O) groups excluding carboxylic acids is 4. The smallest absolute Gasteiger partial charge is 0.249 e. The Morgan fingerprint density at radius 3 is 2.44 bits per heavy atom. The topological polar surface area (TPSA) is 173 Å². The third kappa shape index (κ3) is 3.91. The highest BCUT2D eigenvalue weighted by Gasteiger charge is 2.57. The van der Waals surface area contributed by atoms with E-state index in [1.54, 1.807) is 6.92 Å². The Morgan fingerprint density at radius 2 is 1.89 bits per heavy atom. The summed E-state index contributed by atoms with van der Waals surface area (Å²) in [4.78, 5) is 51.7. The van der Waals surface area contributed by atoms with Crippen LogP contribution >= 0.6 is 0 Å². The summed E-state index contributed by atoms with van der Waals surface area (Å²) in [5.74, 6) is -2.12. The maximum absolute atomic E-state index is 13.2. The van der Waals surface area contributed by atoms with Gasteiger partial charge in [-0.3, -0.25) is 19.2 Å². The van der Waals surface area contributed by atoms with Crippen LogP contribution in [0.2, 0.25) is 0 Å². The van der Waals surface area contributed by atoms with E-state index in [9.17, 15) is 24.3 Å². The molecular formula is C17H29N5O5. The second-order valence-electron chi connectivity index (χ2n) is 7.30. The summed E-state index contributed by atoms with van der Waals surface area (Å²) in [6.07, 6.45) is 0.761. The first-order valence-electron chi connectivity index (χ1n) is 9.29. The predicted molar refractivity (Wildman–Crippen MR) is 95.7 cm³/mol. The summed E-state index contributed by atoms with van der Waals surface area (Å²) in [6, 6.07) is -2.05. The Kier molecular flexibility index (Phi) is 6.42. The zero-order chi connectivity index (χ0) is 20.4. The van der Waals surface area contributed by atoms with Crippen molar-refractivity contribution in [1.29, 1.82) is 0 Å². The van der Waals surface area contributed by atoms with E-state index >= 15 is 0 Å². The quantitative estimate of drug-likeness (QED) is 0.370. The van der Waals surface area contributed by atoms with Gasteiger partial charge in [0.1, 0.15) is 17.6 Å². The molecule has 2 aliphatic rings. The minimum absolute atomic E-state index is 0.0501. The minimum atomic E-state index is -1.10. The second kappa shape index (κ2) is 8.22. The van der Waals surface area contributed by atoms with Crippen molar-refractivity contribution in [1.82, 2.24) is 9.80 Å². The van der Waals surface area contributed by atoms with Gasteiger partial charge < -0.3 is 32.1 Å². The van der Waals surface area contributed by atoms with Crippen LogP contribution in [-0.2, 0) is 19.2 Å². The Bertz CT molecular complexity index is 627.